The molecule has 1 amide bonds. The molecule has 5 heteroatoms. The molecule has 0 fully saturated rings. The van der Waals surface area contributed by atoms with Gasteiger partial charge in [-0.2, -0.15) is 0 Å². The van der Waals surface area contributed by atoms with Gasteiger partial charge in [-0.15, -0.1) is 0 Å². The zero-order chi connectivity index (χ0) is 14.3. The maximum atomic E-state index is 11.7. The highest BCUT2D eigenvalue weighted by Crippen LogP contribution is 2.12. The van der Waals surface area contributed by atoms with Crippen LogP contribution in [0.25, 0.3) is 0 Å². The third kappa shape index (κ3) is 5.52. The van der Waals surface area contributed by atoms with E-state index in [0.29, 0.717) is 18.7 Å². The fraction of sp³-hybridized carbons (Fsp3) is 0.429. The number of benzene rings is 1. The van der Waals surface area contributed by atoms with Crippen molar-refractivity contribution < 1.29 is 19.4 Å². The van der Waals surface area contributed by atoms with Crippen LogP contribution < -0.4 is 5.32 Å². The highest BCUT2D eigenvalue weighted by atomic mass is 16.5. The Balaban J connectivity index is 2.52. The van der Waals surface area contributed by atoms with Crippen molar-refractivity contribution in [1.29, 1.82) is 0 Å². The van der Waals surface area contributed by atoms with E-state index < -0.39 is 5.97 Å². The SMILES string of the molecule is COCC(C)C(=O)Nc1ccc(CCC(=O)O)cc1. The van der Waals surface area contributed by atoms with Gasteiger partial charge in [0.1, 0.15) is 0 Å². The first kappa shape index (κ1) is 15.2. The number of methoxy groups -OCH3 is 1. The summed E-state index contributed by atoms with van der Waals surface area (Å²) in [5.74, 6) is -1.12. The van der Waals surface area contributed by atoms with Crippen LogP contribution in [0.4, 0.5) is 5.69 Å². The van der Waals surface area contributed by atoms with Crippen LogP contribution in [-0.2, 0) is 20.7 Å². The summed E-state index contributed by atoms with van der Waals surface area (Å²) in [6, 6.07) is 7.18. The lowest BCUT2D eigenvalue weighted by Gasteiger charge is -2.11. The molecule has 0 heterocycles. The summed E-state index contributed by atoms with van der Waals surface area (Å²) in [6.07, 6.45) is 0.597. The lowest BCUT2D eigenvalue weighted by atomic mass is 10.1. The summed E-state index contributed by atoms with van der Waals surface area (Å²) in [6.45, 7) is 2.17. The largest absolute Gasteiger partial charge is 0.481 e. The lowest BCUT2D eigenvalue weighted by molar-refractivity contribution is -0.137. The third-order valence-corrected chi connectivity index (χ3v) is 2.71. The minimum absolute atomic E-state index is 0.0971. The van der Waals surface area contributed by atoms with E-state index in [9.17, 15) is 9.59 Å². The molecule has 2 N–H and O–H groups in total. The first-order chi connectivity index (χ1) is 9.02. The van der Waals surface area contributed by atoms with Gasteiger partial charge in [-0.3, -0.25) is 9.59 Å². The van der Waals surface area contributed by atoms with Gasteiger partial charge in [0.2, 0.25) is 5.91 Å². The normalized spacial score (nSPS) is 11.9. The number of nitrogens with one attached hydrogen (secondary N) is 1. The van der Waals surface area contributed by atoms with Crippen LogP contribution in [0.3, 0.4) is 0 Å². The predicted molar refractivity (Wildman–Crippen MR) is 72.1 cm³/mol. The predicted octanol–water partition coefficient (Wildman–Crippen LogP) is 1.92. The van der Waals surface area contributed by atoms with Gasteiger partial charge in [0.05, 0.1) is 12.5 Å². The second-order valence-electron chi connectivity index (χ2n) is 4.44. The van der Waals surface area contributed by atoms with Gasteiger partial charge in [0.25, 0.3) is 0 Å². The van der Waals surface area contributed by atoms with Crippen molar-refractivity contribution in [1.82, 2.24) is 0 Å². The molecule has 5 nitrogen and oxygen atoms in total. The summed E-state index contributed by atoms with van der Waals surface area (Å²) in [5, 5.41) is 11.4. The van der Waals surface area contributed by atoms with Crippen LogP contribution in [0.2, 0.25) is 0 Å². The number of hydrogen-bond acceptors (Lipinski definition) is 3. The summed E-state index contributed by atoms with van der Waals surface area (Å²) >= 11 is 0. The van der Waals surface area contributed by atoms with Crippen LogP contribution in [0.15, 0.2) is 24.3 Å². The number of hydrogen-bond donors (Lipinski definition) is 2. The van der Waals surface area contributed by atoms with Crippen molar-refractivity contribution >= 4 is 17.6 Å². The van der Waals surface area contributed by atoms with E-state index in [1.165, 1.54) is 0 Å². The number of carboxylic acids is 1. The van der Waals surface area contributed by atoms with Crippen LogP contribution >= 0.6 is 0 Å². The molecule has 0 aliphatic rings. The number of aliphatic carboxylic acids is 1. The summed E-state index contributed by atoms with van der Waals surface area (Å²) in [7, 11) is 1.56. The van der Waals surface area contributed by atoms with Crippen molar-refractivity contribution in [2.75, 3.05) is 19.0 Å². The van der Waals surface area contributed by atoms with Gasteiger partial charge >= 0.3 is 5.97 Å². The molecule has 1 aromatic rings. The summed E-state index contributed by atoms with van der Waals surface area (Å²) in [4.78, 5) is 22.2. The average Bonchev–Trinajstić information content (AvgIpc) is 2.38. The van der Waals surface area contributed by atoms with Crippen molar-refractivity contribution in [3.8, 4) is 0 Å². The Hall–Kier alpha value is -1.88. The number of amides is 1. The molecular formula is C14H19NO4. The van der Waals surface area contributed by atoms with Gasteiger partial charge in [-0.05, 0) is 24.1 Å². The van der Waals surface area contributed by atoms with Gasteiger partial charge < -0.3 is 15.2 Å². The van der Waals surface area contributed by atoms with Crippen molar-refractivity contribution in [2.45, 2.75) is 19.8 Å². The molecule has 0 spiro atoms. The lowest BCUT2D eigenvalue weighted by Crippen LogP contribution is -2.23. The average molecular weight is 265 g/mol. The molecule has 1 atom stereocenters. The standard InChI is InChI=1S/C14H19NO4/c1-10(9-19-2)14(18)15-12-6-3-11(4-7-12)5-8-13(16)17/h3-4,6-7,10H,5,8-9H2,1-2H3,(H,15,18)(H,16,17). The second kappa shape index (κ2) is 7.53. The fourth-order valence-corrected chi connectivity index (χ4v) is 1.60. The molecule has 0 aliphatic heterocycles. The summed E-state index contributed by atoms with van der Waals surface area (Å²) < 4.78 is 4.92. The van der Waals surface area contributed by atoms with Crippen LogP contribution in [0.5, 0.6) is 0 Å². The van der Waals surface area contributed by atoms with Crippen molar-refractivity contribution in [3.05, 3.63) is 29.8 Å². The number of carboxylic acid groups (broad SMARTS) is 1. The quantitative estimate of drug-likeness (QED) is 0.789. The van der Waals surface area contributed by atoms with Gasteiger partial charge in [0.15, 0.2) is 0 Å². The van der Waals surface area contributed by atoms with E-state index >= 15 is 0 Å². The maximum Gasteiger partial charge on any atom is 0.303 e. The first-order valence-corrected chi connectivity index (χ1v) is 6.13. The van der Waals surface area contributed by atoms with Crippen LogP contribution in [0.1, 0.15) is 18.9 Å². The topological polar surface area (TPSA) is 75.6 Å². The number of rotatable bonds is 7. The molecule has 0 aromatic heterocycles. The molecule has 1 unspecified atom stereocenters. The highest BCUT2D eigenvalue weighted by molar-refractivity contribution is 5.92. The van der Waals surface area contributed by atoms with Crippen LogP contribution in [-0.4, -0.2) is 30.7 Å². The fourth-order valence-electron chi connectivity index (χ4n) is 1.60. The molecule has 1 rings (SSSR count). The van der Waals surface area contributed by atoms with E-state index in [4.69, 9.17) is 9.84 Å². The monoisotopic (exact) mass is 265 g/mol. The number of anilines is 1. The Morgan fingerprint density at radius 1 is 1.32 bits per heavy atom. The Morgan fingerprint density at radius 2 is 1.95 bits per heavy atom. The number of aryl methyl sites for hydroxylation is 1. The van der Waals surface area contributed by atoms with E-state index in [1.54, 1.807) is 26.2 Å². The summed E-state index contributed by atoms with van der Waals surface area (Å²) in [5.41, 5.74) is 1.64. The molecule has 0 bridgehead atoms. The zero-order valence-corrected chi connectivity index (χ0v) is 11.2. The van der Waals surface area contributed by atoms with Crippen molar-refractivity contribution in [3.63, 3.8) is 0 Å². The first-order valence-electron chi connectivity index (χ1n) is 6.13. The van der Waals surface area contributed by atoms with E-state index in [2.05, 4.69) is 5.32 Å². The van der Waals surface area contributed by atoms with Crippen LogP contribution in [0, 0.1) is 5.92 Å². The van der Waals surface area contributed by atoms with Gasteiger partial charge in [-0.25, -0.2) is 0 Å². The van der Waals surface area contributed by atoms with E-state index in [1.807, 2.05) is 12.1 Å². The number of carbonyl (C=O) groups is 2. The maximum absolute atomic E-state index is 11.7. The zero-order valence-electron chi connectivity index (χ0n) is 11.2. The van der Waals surface area contributed by atoms with Gasteiger partial charge in [-0.1, -0.05) is 19.1 Å². The Kier molecular flexibility index (Phi) is 6.02. The minimum atomic E-state index is -0.814. The third-order valence-electron chi connectivity index (χ3n) is 2.71. The molecule has 1 aromatic carbocycles. The molecular weight excluding hydrogens is 246 g/mol. The molecule has 0 aliphatic carbocycles. The van der Waals surface area contributed by atoms with E-state index in [0.717, 1.165) is 5.56 Å². The number of ether oxygens (including phenoxy) is 1. The van der Waals surface area contributed by atoms with E-state index in [-0.39, 0.29) is 18.2 Å². The molecule has 0 saturated heterocycles. The Bertz CT molecular complexity index is 428. The molecule has 0 saturated carbocycles. The van der Waals surface area contributed by atoms with Crippen molar-refractivity contribution in [2.24, 2.45) is 5.92 Å². The molecule has 104 valence electrons. The van der Waals surface area contributed by atoms with Gasteiger partial charge in [0, 0.05) is 19.2 Å². The minimum Gasteiger partial charge on any atom is -0.481 e. The Morgan fingerprint density at radius 3 is 2.47 bits per heavy atom. The molecule has 19 heavy (non-hydrogen) atoms. The second-order valence-corrected chi connectivity index (χ2v) is 4.44. The Labute approximate surface area is 112 Å². The smallest absolute Gasteiger partial charge is 0.303 e. The number of carbonyl (C=O) groups excluding carboxylic acids is 1. The highest BCUT2D eigenvalue weighted by Gasteiger charge is 2.12. The molecule has 0 radical (unpaired) electrons.